The predicted octanol–water partition coefficient (Wildman–Crippen LogP) is 3.65. The molecule has 0 fully saturated rings. The molecule has 3 heteroatoms. The van der Waals surface area contributed by atoms with E-state index in [0.717, 1.165) is 6.42 Å². The zero-order valence-electron chi connectivity index (χ0n) is 9.90. The summed E-state index contributed by atoms with van der Waals surface area (Å²) in [4.78, 5) is 1.94. The van der Waals surface area contributed by atoms with Crippen LogP contribution in [0.4, 0.5) is 0 Å². The molecule has 0 aliphatic heterocycles. The molecular weight excluding hydrogens is 234 g/mol. The van der Waals surface area contributed by atoms with Crippen LogP contribution in [0.3, 0.4) is 0 Å². The van der Waals surface area contributed by atoms with E-state index in [1.165, 1.54) is 22.6 Å². The molecule has 1 unspecified atom stereocenters. The molecule has 0 spiro atoms. The van der Waals surface area contributed by atoms with Crippen LogP contribution in [0.2, 0.25) is 0 Å². The van der Waals surface area contributed by atoms with Gasteiger partial charge < -0.3 is 5.73 Å². The predicted molar refractivity (Wildman–Crippen MR) is 77.1 cm³/mol. The molecule has 1 rings (SSSR count). The van der Waals surface area contributed by atoms with Crippen LogP contribution in [-0.2, 0) is 6.42 Å². The molecule has 1 aromatic carbocycles. The Kier molecular flexibility index (Phi) is 5.85. The van der Waals surface area contributed by atoms with Gasteiger partial charge in [0.25, 0.3) is 0 Å². The minimum atomic E-state index is 0.282. The summed E-state index contributed by atoms with van der Waals surface area (Å²) >= 11 is 6.88. The molecule has 16 heavy (non-hydrogen) atoms. The van der Waals surface area contributed by atoms with Gasteiger partial charge in [-0.25, -0.2) is 0 Å². The highest BCUT2D eigenvalue weighted by Gasteiger charge is 2.06. The molecule has 0 bridgehead atoms. The topological polar surface area (TPSA) is 26.0 Å². The maximum atomic E-state index is 5.61. The minimum Gasteiger partial charge on any atom is -0.393 e. The monoisotopic (exact) mass is 253 g/mol. The van der Waals surface area contributed by atoms with E-state index in [2.05, 4.69) is 38.1 Å². The van der Waals surface area contributed by atoms with E-state index in [-0.39, 0.29) is 5.92 Å². The van der Waals surface area contributed by atoms with Crippen LogP contribution in [0.15, 0.2) is 29.2 Å². The first-order chi connectivity index (χ1) is 7.63. The van der Waals surface area contributed by atoms with Gasteiger partial charge in [0.2, 0.25) is 0 Å². The molecule has 1 aromatic rings. The first-order valence-electron chi connectivity index (χ1n) is 5.64. The van der Waals surface area contributed by atoms with Crippen molar-refractivity contribution in [2.24, 2.45) is 11.7 Å². The van der Waals surface area contributed by atoms with Gasteiger partial charge >= 0.3 is 0 Å². The summed E-state index contributed by atoms with van der Waals surface area (Å²) in [6, 6.07) is 8.71. The molecule has 1 atom stereocenters. The lowest BCUT2D eigenvalue weighted by atomic mass is 10.0. The fraction of sp³-hybridized carbons (Fsp3) is 0.462. The smallest absolute Gasteiger partial charge is 0.0759 e. The summed E-state index contributed by atoms with van der Waals surface area (Å²) in [5, 5.41) is 0. The minimum absolute atomic E-state index is 0.282. The Morgan fingerprint density at radius 2 is 2.00 bits per heavy atom. The summed E-state index contributed by atoms with van der Waals surface area (Å²) in [5.41, 5.74) is 6.91. The zero-order valence-corrected chi connectivity index (χ0v) is 11.5. The number of hydrogen-bond acceptors (Lipinski definition) is 2. The second kappa shape index (κ2) is 6.92. The Morgan fingerprint density at radius 3 is 2.50 bits per heavy atom. The molecule has 2 N–H and O–H groups in total. The second-order valence-corrected chi connectivity index (χ2v) is 5.64. The molecule has 1 nitrogen and oxygen atoms in total. The average molecular weight is 253 g/mol. The quantitative estimate of drug-likeness (QED) is 0.619. The number of benzene rings is 1. The Hall–Kier alpha value is -0.540. The van der Waals surface area contributed by atoms with Crippen molar-refractivity contribution in [1.82, 2.24) is 0 Å². The van der Waals surface area contributed by atoms with Crippen molar-refractivity contribution < 1.29 is 0 Å². The van der Waals surface area contributed by atoms with Crippen LogP contribution in [0, 0.1) is 5.92 Å². The van der Waals surface area contributed by atoms with Crippen LogP contribution in [0.5, 0.6) is 0 Å². The van der Waals surface area contributed by atoms with Crippen molar-refractivity contribution in [1.29, 1.82) is 0 Å². The lowest BCUT2D eigenvalue weighted by Crippen LogP contribution is -2.20. The van der Waals surface area contributed by atoms with Crippen LogP contribution in [0.1, 0.15) is 25.8 Å². The van der Waals surface area contributed by atoms with Crippen molar-refractivity contribution in [3.63, 3.8) is 0 Å². The van der Waals surface area contributed by atoms with E-state index in [1.807, 2.05) is 11.8 Å². The maximum Gasteiger partial charge on any atom is 0.0759 e. The molecule has 0 heterocycles. The van der Waals surface area contributed by atoms with Gasteiger partial charge in [0.1, 0.15) is 0 Å². The Bertz CT molecular complexity index is 332. The van der Waals surface area contributed by atoms with E-state index in [4.69, 9.17) is 18.0 Å². The van der Waals surface area contributed by atoms with Gasteiger partial charge in [-0.05, 0) is 36.3 Å². The summed E-state index contributed by atoms with van der Waals surface area (Å²) < 4.78 is 0. The van der Waals surface area contributed by atoms with Gasteiger partial charge in [-0.3, -0.25) is 0 Å². The van der Waals surface area contributed by atoms with Crippen molar-refractivity contribution in [3.8, 4) is 0 Å². The van der Waals surface area contributed by atoms with Gasteiger partial charge in [-0.2, -0.15) is 0 Å². The highest BCUT2D eigenvalue weighted by atomic mass is 32.2. The second-order valence-electron chi connectivity index (χ2n) is 4.00. The molecule has 0 radical (unpaired) electrons. The molecule has 0 aliphatic rings. The van der Waals surface area contributed by atoms with Gasteiger partial charge in [0.05, 0.1) is 4.99 Å². The fourth-order valence-corrected chi connectivity index (χ4v) is 2.25. The standard InChI is InChI=1S/C13H19NS2/c1-3-8-16-12-6-4-11(5-7-12)9-10(2)13(14)15/h4-7,10H,3,8-9H2,1-2H3,(H2,14,15). The highest BCUT2D eigenvalue weighted by Crippen LogP contribution is 2.20. The Balaban J connectivity index is 2.54. The first kappa shape index (κ1) is 13.5. The molecule has 0 saturated heterocycles. The lowest BCUT2D eigenvalue weighted by Gasteiger charge is -2.09. The van der Waals surface area contributed by atoms with Gasteiger partial charge in [0, 0.05) is 10.8 Å². The van der Waals surface area contributed by atoms with Crippen LogP contribution in [0.25, 0.3) is 0 Å². The maximum absolute atomic E-state index is 5.61. The van der Waals surface area contributed by atoms with Crippen LogP contribution in [-0.4, -0.2) is 10.7 Å². The highest BCUT2D eigenvalue weighted by molar-refractivity contribution is 7.99. The normalized spacial score (nSPS) is 12.4. The summed E-state index contributed by atoms with van der Waals surface area (Å²) in [6.45, 7) is 4.27. The third kappa shape index (κ3) is 4.54. The Morgan fingerprint density at radius 1 is 1.38 bits per heavy atom. The van der Waals surface area contributed by atoms with Crippen LogP contribution >= 0.6 is 24.0 Å². The lowest BCUT2D eigenvalue weighted by molar-refractivity contribution is 0.771. The van der Waals surface area contributed by atoms with Crippen LogP contribution < -0.4 is 5.73 Å². The fourth-order valence-electron chi connectivity index (χ4n) is 1.40. The van der Waals surface area contributed by atoms with E-state index in [1.54, 1.807) is 0 Å². The number of thioether (sulfide) groups is 1. The number of thiocarbonyl (C=S) groups is 1. The van der Waals surface area contributed by atoms with E-state index in [0.29, 0.717) is 4.99 Å². The van der Waals surface area contributed by atoms with Crippen molar-refractivity contribution in [3.05, 3.63) is 29.8 Å². The SMILES string of the molecule is CCCSc1ccc(CC(C)C(N)=S)cc1. The van der Waals surface area contributed by atoms with Gasteiger partial charge in [0.15, 0.2) is 0 Å². The third-order valence-electron chi connectivity index (χ3n) is 2.42. The molecule has 0 aromatic heterocycles. The average Bonchev–Trinajstić information content (AvgIpc) is 2.28. The van der Waals surface area contributed by atoms with Gasteiger partial charge in [-0.15, -0.1) is 11.8 Å². The van der Waals surface area contributed by atoms with E-state index < -0.39 is 0 Å². The van der Waals surface area contributed by atoms with Crippen molar-refractivity contribution >= 4 is 29.0 Å². The van der Waals surface area contributed by atoms with Crippen molar-refractivity contribution in [2.75, 3.05) is 5.75 Å². The third-order valence-corrected chi connectivity index (χ3v) is 4.04. The van der Waals surface area contributed by atoms with E-state index in [9.17, 15) is 0 Å². The zero-order chi connectivity index (χ0) is 12.0. The molecule has 0 saturated carbocycles. The summed E-state index contributed by atoms with van der Waals surface area (Å²) in [7, 11) is 0. The largest absolute Gasteiger partial charge is 0.393 e. The number of hydrogen-bond donors (Lipinski definition) is 1. The number of nitrogens with two attached hydrogens (primary N) is 1. The first-order valence-corrected chi connectivity index (χ1v) is 7.04. The Labute approximate surface area is 108 Å². The molecule has 0 amide bonds. The van der Waals surface area contributed by atoms with E-state index >= 15 is 0 Å². The molecule has 88 valence electrons. The molecular formula is C13H19NS2. The summed E-state index contributed by atoms with van der Waals surface area (Å²) in [6.07, 6.45) is 2.15. The van der Waals surface area contributed by atoms with Crippen molar-refractivity contribution in [2.45, 2.75) is 31.6 Å². The van der Waals surface area contributed by atoms with Gasteiger partial charge in [-0.1, -0.05) is 38.2 Å². The molecule has 0 aliphatic carbocycles. The number of rotatable bonds is 6. The summed E-state index contributed by atoms with van der Waals surface area (Å²) in [5.74, 6) is 1.46.